The fourth-order valence-corrected chi connectivity index (χ4v) is 3.81. The first kappa shape index (κ1) is 20.1. The van der Waals surface area contributed by atoms with Crippen molar-refractivity contribution >= 4 is 11.7 Å². The number of benzene rings is 2. The molecule has 0 aliphatic carbocycles. The fraction of sp³-hybridized carbons (Fsp3) is 0.320. The van der Waals surface area contributed by atoms with Crippen molar-refractivity contribution in [1.82, 2.24) is 15.3 Å². The van der Waals surface area contributed by atoms with Crippen molar-refractivity contribution in [2.24, 2.45) is 5.92 Å². The first-order chi connectivity index (χ1) is 14.6. The van der Waals surface area contributed by atoms with Gasteiger partial charge in [0.2, 0.25) is 5.91 Å². The van der Waals surface area contributed by atoms with Crippen molar-refractivity contribution in [3.05, 3.63) is 77.5 Å². The summed E-state index contributed by atoms with van der Waals surface area (Å²) in [4.78, 5) is 24.2. The summed E-state index contributed by atoms with van der Waals surface area (Å²) in [6, 6.07) is 18.4. The zero-order chi connectivity index (χ0) is 20.9. The molecule has 5 nitrogen and oxygen atoms in total. The summed E-state index contributed by atoms with van der Waals surface area (Å²) in [5, 5.41) is 3.10. The van der Waals surface area contributed by atoms with E-state index in [4.69, 9.17) is 4.98 Å². The number of nitrogens with zero attached hydrogens (tertiary/aromatic N) is 3. The van der Waals surface area contributed by atoms with E-state index in [1.807, 2.05) is 18.2 Å². The third-order valence-corrected chi connectivity index (χ3v) is 5.65. The molecule has 0 unspecified atom stereocenters. The Morgan fingerprint density at radius 2 is 1.73 bits per heavy atom. The molecule has 154 valence electrons. The minimum atomic E-state index is -0.0259. The number of aromatic nitrogens is 2. The molecule has 30 heavy (non-hydrogen) atoms. The van der Waals surface area contributed by atoms with Crippen LogP contribution in [-0.2, 0) is 11.3 Å². The molecule has 1 aliphatic rings. The molecule has 1 fully saturated rings. The fourth-order valence-electron chi connectivity index (χ4n) is 3.81. The van der Waals surface area contributed by atoms with Crippen LogP contribution in [0.5, 0.6) is 0 Å². The summed E-state index contributed by atoms with van der Waals surface area (Å²) >= 11 is 0. The van der Waals surface area contributed by atoms with Crippen LogP contribution in [0, 0.1) is 19.8 Å². The second-order valence-electron chi connectivity index (χ2n) is 8.09. The maximum absolute atomic E-state index is 12.8. The molecule has 0 spiro atoms. The van der Waals surface area contributed by atoms with Crippen molar-refractivity contribution < 1.29 is 4.79 Å². The Bertz CT molecular complexity index is 998. The lowest BCUT2D eigenvalue weighted by Crippen LogP contribution is -2.43. The number of amides is 1. The lowest BCUT2D eigenvalue weighted by Gasteiger charge is -2.33. The second-order valence-corrected chi connectivity index (χ2v) is 8.09. The molecule has 4 rings (SSSR count). The van der Waals surface area contributed by atoms with E-state index in [0.717, 1.165) is 42.2 Å². The predicted octanol–water partition coefficient (Wildman–Crippen LogP) is 4.29. The molecule has 1 amide bonds. The monoisotopic (exact) mass is 400 g/mol. The van der Waals surface area contributed by atoms with Crippen molar-refractivity contribution in [3.8, 4) is 11.4 Å². The Balaban J connectivity index is 1.41. The molecule has 0 radical (unpaired) electrons. The van der Waals surface area contributed by atoms with Crippen molar-refractivity contribution in [1.29, 1.82) is 0 Å². The van der Waals surface area contributed by atoms with Crippen molar-refractivity contribution in [2.75, 3.05) is 18.0 Å². The van der Waals surface area contributed by atoms with Gasteiger partial charge in [0, 0.05) is 31.4 Å². The molecule has 3 aromatic rings. The van der Waals surface area contributed by atoms with Crippen molar-refractivity contribution in [2.45, 2.75) is 33.2 Å². The summed E-state index contributed by atoms with van der Waals surface area (Å²) in [5.74, 6) is 1.70. The van der Waals surface area contributed by atoms with Gasteiger partial charge in [0.15, 0.2) is 5.82 Å². The maximum atomic E-state index is 12.8. The van der Waals surface area contributed by atoms with Crippen LogP contribution >= 0.6 is 0 Å². The third kappa shape index (κ3) is 4.85. The van der Waals surface area contributed by atoms with Gasteiger partial charge in [-0.15, -0.1) is 0 Å². The molecule has 2 aromatic carbocycles. The quantitative estimate of drug-likeness (QED) is 0.694. The van der Waals surface area contributed by atoms with Crippen LogP contribution in [0.4, 0.5) is 5.82 Å². The topological polar surface area (TPSA) is 58.1 Å². The first-order valence-corrected chi connectivity index (χ1v) is 10.6. The van der Waals surface area contributed by atoms with Gasteiger partial charge in [-0.3, -0.25) is 4.79 Å². The van der Waals surface area contributed by atoms with Gasteiger partial charge in [0.25, 0.3) is 0 Å². The Kier molecular flexibility index (Phi) is 6.07. The van der Waals surface area contributed by atoms with E-state index in [1.54, 1.807) is 6.20 Å². The number of anilines is 1. The van der Waals surface area contributed by atoms with Gasteiger partial charge in [-0.1, -0.05) is 59.7 Å². The molecule has 5 heteroatoms. The van der Waals surface area contributed by atoms with Crippen LogP contribution in [0.25, 0.3) is 11.4 Å². The van der Waals surface area contributed by atoms with E-state index in [2.05, 4.69) is 65.4 Å². The highest BCUT2D eigenvalue weighted by atomic mass is 16.1. The Hall–Kier alpha value is -3.21. The highest BCUT2D eigenvalue weighted by Gasteiger charge is 2.26. The Labute approximate surface area is 178 Å². The number of rotatable bonds is 5. The Morgan fingerprint density at radius 3 is 2.47 bits per heavy atom. The lowest BCUT2D eigenvalue weighted by molar-refractivity contribution is -0.125. The molecule has 1 aromatic heterocycles. The zero-order valence-corrected chi connectivity index (χ0v) is 17.6. The summed E-state index contributed by atoms with van der Waals surface area (Å²) in [6.07, 6.45) is 3.69. The van der Waals surface area contributed by atoms with E-state index in [-0.39, 0.29) is 11.8 Å². The van der Waals surface area contributed by atoms with E-state index in [0.29, 0.717) is 13.1 Å². The second kappa shape index (κ2) is 9.08. The van der Waals surface area contributed by atoms with Gasteiger partial charge in [0.05, 0.1) is 5.92 Å². The molecule has 1 N–H and O–H groups in total. The molecule has 0 bridgehead atoms. The molecule has 1 atom stereocenters. The summed E-state index contributed by atoms with van der Waals surface area (Å²) in [7, 11) is 0. The maximum Gasteiger partial charge on any atom is 0.225 e. The molecular weight excluding hydrogens is 372 g/mol. The average molecular weight is 401 g/mol. The predicted molar refractivity (Wildman–Crippen MR) is 120 cm³/mol. The molecule has 1 saturated heterocycles. The van der Waals surface area contributed by atoms with Gasteiger partial charge < -0.3 is 10.2 Å². The van der Waals surface area contributed by atoms with Crippen LogP contribution in [0.3, 0.4) is 0 Å². The normalized spacial score (nSPS) is 16.3. The molecule has 2 heterocycles. The number of carbonyl (C=O) groups is 1. The largest absolute Gasteiger partial charge is 0.356 e. The number of nitrogens with one attached hydrogen (secondary N) is 1. The van der Waals surface area contributed by atoms with Crippen LogP contribution in [0.1, 0.15) is 29.5 Å². The number of aryl methyl sites for hydroxylation is 2. The van der Waals surface area contributed by atoms with E-state index >= 15 is 0 Å². The van der Waals surface area contributed by atoms with Crippen LogP contribution in [0.2, 0.25) is 0 Å². The van der Waals surface area contributed by atoms with E-state index in [1.165, 1.54) is 11.1 Å². The van der Waals surface area contributed by atoms with Gasteiger partial charge in [-0.25, -0.2) is 9.97 Å². The van der Waals surface area contributed by atoms with Gasteiger partial charge >= 0.3 is 0 Å². The smallest absolute Gasteiger partial charge is 0.225 e. The van der Waals surface area contributed by atoms with Crippen LogP contribution in [-0.4, -0.2) is 29.0 Å². The zero-order valence-electron chi connectivity index (χ0n) is 17.6. The number of hydrogen-bond donors (Lipinski definition) is 1. The number of carbonyl (C=O) groups excluding carboxylic acids is 1. The Morgan fingerprint density at radius 1 is 1.03 bits per heavy atom. The minimum absolute atomic E-state index is 0.0259. The van der Waals surface area contributed by atoms with Crippen LogP contribution < -0.4 is 10.2 Å². The summed E-state index contributed by atoms with van der Waals surface area (Å²) in [6.45, 7) is 6.30. The first-order valence-electron chi connectivity index (χ1n) is 10.6. The SMILES string of the molecule is Cc1ccc(CNC(=O)[C@H]2CCCN(c3ccnc(-c4ccc(C)cc4)n3)C2)cc1. The molecule has 1 aliphatic heterocycles. The molecular formula is C25H28N4O. The highest BCUT2D eigenvalue weighted by Crippen LogP contribution is 2.24. The van der Waals surface area contributed by atoms with E-state index < -0.39 is 0 Å². The molecule has 0 saturated carbocycles. The van der Waals surface area contributed by atoms with Crippen molar-refractivity contribution in [3.63, 3.8) is 0 Å². The summed E-state index contributed by atoms with van der Waals surface area (Å²) in [5.41, 5.74) is 4.57. The van der Waals surface area contributed by atoms with E-state index in [9.17, 15) is 4.79 Å². The third-order valence-electron chi connectivity index (χ3n) is 5.65. The highest BCUT2D eigenvalue weighted by molar-refractivity contribution is 5.79. The van der Waals surface area contributed by atoms with Crippen LogP contribution in [0.15, 0.2) is 60.8 Å². The average Bonchev–Trinajstić information content (AvgIpc) is 2.79. The lowest BCUT2D eigenvalue weighted by atomic mass is 9.97. The number of hydrogen-bond acceptors (Lipinski definition) is 4. The standard InChI is InChI=1S/C25H28N4O/c1-18-5-9-20(10-6-18)16-27-25(30)22-4-3-15-29(17-22)23-13-14-26-24(28-23)21-11-7-19(2)8-12-21/h5-14,22H,3-4,15-17H2,1-2H3,(H,27,30)/t22-/m0/s1. The van der Waals surface area contributed by atoms with Gasteiger partial charge in [-0.2, -0.15) is 0 Å². The van der Waals surface area contributed by atoms with Gasteiger partial charge in [-0.05, 0) is 38.3 Å². The van der Waals surface area contributed by atoms with Gasteiger partial charge in [0.1, 0.15) is 5.82 Å². The minimum Gasteiger partial charge on any atom is -0.356 e. The number of piperidine rings is 1. The summed E-state index contributed by atoms with van der Waals surface area (Å²) < 4.78 is 0.